The first kappa shape index (κ1) is 28.7. The average molecular weight is 586 g/mol. The molecule has 2 aromatic rings. The fourth-order valence-corrected chi connectivity index (χ4v) is 7.58. The van der Waals surface area contributed by atoms with E-state index in [0.29, 0.717) is 22.0 Å². The van der Waals surface area contributed by atoms with Gasteiger partial charge in [0.05, 0.1) is 20.3 Å². The molecule has 0 saturated carbocycles. The molecule has 8 heteroatoms. The third-order valence-electron chi connectivity index (χ3n) is 8.09. The topological polar surface area (TPSA) is 46.3 Å². The van der Waals surface area contributed by atoms with Crippen LogP contribution in [0.25, 0.3) is 0 Å². The van der Waals surface area contributed by atoms with Gasteiger partial charge in [0.25, 0.3) is 0 Å². The molecular formula is C29H33Cl4FN2O. The molecule has 1 heterocycles. The summed E-state index contributed by atoms with van der Waals surface area (Å²) in [7, 11) is 0. The molecule has 4 atom stereocenters. The van der Waals surface area contributed by atoms with Crippen molar-refractivity contribution in [3.05, 3.63) is 81.6 Å². The molecule has 3 nitrogen and oxygen atoms in total. The second kappa shape index (κ2) is 11.4. The van der Waals surface area contributed by atoms with E-state index in [-0.39, 0.29) is 18.8 Å². The van der Waals surface area contributed by atoms with Crippen molar-refractivity contribution in [1.82, 2.24) is 4.90 Å². The van der Waals surface area contributed by atoms with E-state index in [1.54, 1.807) is 36.4 Å². The monoisotopic (exact) mass is 584 g/mol. The highest BCUT2D eigenvalue weighted by Crippen LogP contribution is 2.60. The van der Waals surface area contributed by atoms with E-state index in [1.807, 2.05) is 12.1 Å². The number of rotatable bonds is 8. The minimum absolute atomic E-state index is 0.0174. The van der Waals surface area contributed by atoms with Crippen LogP contribution in [0.1, 0.15) is 62.5 Å². The summed E-state index contributed by atoms with van der Waals surface area (Å²) in [6.07, 6.45) is 8.57. The SMILES string of the molecule is CCCC(c1ccc(Cl)c(Cl)c1)C1(Cl)CC(Cl)(N2CCCCC2)C=CC1(Cc1ccccc1F)C(N)=O. The van der Waals surface area contributed by atoms with Gasteiger partial charge in [-0.3, -0.25) is 9.69 Å². The fourth-order valence-electron chi connectivity index (χ4n) is 6.10. The Kier molecular flexibility index (Phi) is 8.87. The van der Waals surface area contributed by atoms with Gasteiger partial charge >= 0.3 is 0 Å². The molecule has 0 aromatic heterocycles. The van der Waals surface area contributed by atoms with Crippen LogP contribution in [0.4, 0.5) is 4.39 Å². The molecule has 2 aromatic carbocycles. The number of likely N-dealkylation sites (tertiary alicyclic amines) is 1. The molecule has 2 N–H and O–H groups in total. The minimum atomic E-state index is -1.41. The summed E-state index contributed by atoms with van der Waals surface area (Å²) in [6, 6.07) is 11.9. The number of amides is 1. The Morgan fingerprint density at radius 2 is 1.76 bits per heavy atom. The van der Waals surface area contributed by atoms with Crippen molar-refractivity contribution in [2.75, 3.05) is 13.1 Å². The maximum Gasteiger partial charge on any atom is 0.229 e. The molecular weight excluding hydrogens is 553 g/mol. The first-order chi connectivity index (χ1) is 17.6. The van der Waals surface area contributed by atoms with E-state index in [2.05, 4.69) is 11.8 Å². The standard InChI is InChI=1S/C29H33Cl4FN2O/c1-2-8-22(20-11-12-23(30)24(31)17-20)29(33)19-28(32,36-15-6-3-7-16-36)14-13-27(29,26(35)37)18-21-9-4-5-10-25(21)34/h4-5,9-14,17,22H,2-3,6-8,15-16,18-19H2,1H3,(H2,35,37). The van der Waals surface area contributed by atoms with Crippen molar-refractivity contribution in [3.63, 3.8) is 0 Å². The Hall–Kier alpha value is -1.30. The number of hydrogen-bond acceptors (Lipinski definition) is 2. The van der Waals surface area contributed by atoms with Crippen LogP contribution in [0.3, 0.4) is 0 Å². The molecule has 0 bridgehead atoms. The first-order valence-electron chi connectivity index (χ1n) is 12.9. The largest absolute Gasteiger partial charge is 0.369 e. The van der Waals surface area contributed by atoms with Crippen LogP contribution in [0.15, 0.2) is 54.6 Å². The molecule has 37 heavy (non-hydrogen) atoms. The van der Waals surface area contributed by atoms with Gasteiger partial charge in [-0.05, 0) is 55.0 Å². The van der Waals surface area contributed by atoms with Crippen molar-refractivity contribution in [3.8, 4) is 0 Å². The quantitative estimate of drug-likeness (QED) is 0.193. The minimum Gasteiger partial charge on any atom is -0.369 e. The molecule has 1 amide bonds. The fraction of sp³-hybridized carbons (Fsp3) is 0.483. The highest BCUT2D eigenvalue weighted by atomic mass is 35.5. The normalized spacial score (nSPS) is 29.2. The van der Waals surface area contributed by atoms with Gasteiger partial charge in [0.1, 0.15) is 10.8 Å². The van der Waals surface area contributed by atoms with E-state index in [1.165, 1.54) is 6.07 Å². The van der Waals surface area contributed by atoms with Crippen molar-refractivity contribution in [2.24, 2.45) is 11.1 Å². The van der Waals surface area contributed by atoms with Gasteiger partial charge in [-0.1, -0.05) is 91.0 Å². The van der Waals surface area contributed by atoms with Crippen molar-refractivity contribution in [2.45, 2.75) is 67.7 Å². The zero-order valence-electron chi connectivity index (χ0n) is 21.0. The Bertz CT molecular complexity index is 1170. The number of benzene rings is 2. The number of hydrogen-bond donors (Lipinski definition) is 1. The summed E-state index contributed by atoms with van der Waals surface area (Å²) in [5, 5.41) is 0.833. The lowest BCUT2D eigenvalue weighted by Crippen LogP contribution is -2.63. The van der Waals surface area contributed by atoms with Crippen molar-refractivity contribution in [1.29, 1.82) is 0 Å². The van der Waals surface area contributed by atoms with E-state index in [9.17, 15) is 9.18 Å². The molecule has 0 radical (unpaired) electrons. The van der Waals surface area contributed by atoms with Gasteiger partial charge < -0.3 is 5.73 Å². The summed E-state index contributed by atoms with van der Waals surface area (Å²) < 4.78 is 15.0. The lowest BCUT2D eigenvalue weighted by Gasteiger charge is -2.56. The molecule has 1 aliphatic carbocycles. The van der Waals surface area contributed by atoms with Gasteiger partial charge in [-0.25, -0.2) is 4.39 Å². The smallest absolute Gasteiger partial charge is 0.229 e. The van der Waals surface area contributed by atoms with Gasteiger partial charge in [-0.15, -0.1) is 11.6 Å². The molecule has 4 unspecified atom stereocenters. The van der Waals surface area contributed by atoms with Crippen LogP contribution in [-0.4, -0.2) is 33.8 Å². The van der Waals surface area contributed by atoms with E-state index < -0.39 is 27.0 Å². The maximum atomic E-state index is 15.0. The highest BCUT2D eigenvalue weighted by Gasteiger charge is 2.62. The second-order valence-electron chi connectivity index (χ2n) is 10.4. The second-order valence-corrected chi connectivity index (χ2v) is 12.5. The Labute approximate surface area is 239 Å². The predicted molar refractivity (Wildman–Crippen MR) is 152 cm³/mol. The van der Waals surface area contributed by atoms with Crippen LogP contribution < -0.4 is 5.73 Å². The summed E-state index contributed by atoms with van der Waals surface area (Å²) in [5.41, 5.74) is 6.02. The van der Waals surface area contributed by atoms with Crippen molar-refractivity contribution < 1.29 is 9.18 Å². The number of nitrogens with two attached hydrogens (primary N) is 1. The number of piperidine rings is 1. The van der Waals surface area contributed by atoms with Crippen LogP contribution in [0, 0.1) is 11.2 Å². The number of halogens is 5. The zero-order valence-corrected chi connectivity index (χ0v) is 24.0. The summed E-state index contributed by atoms with van der Waals surface area (Å²) in [6.45, 7) is 3.73. The number of nitrogens with zero attached hydrogens (tertiary/aromatic N) is 1. The van der Waals surface area contributed by atoms with Crippen LogP contribution in [0.5, 0.6) is 0 Å². The zero-order chi connectivity index (χ0) is 26.8. The molecule has 2 aliphatic rings. The number of alkyl halides is 2. The third kappa shape index (κ3) is 5.43. The van der Waals surface area contributed by atoms with E-state index in [4.69, 9.17) is 52.1 Å². The Morgan fingerprint density at radius 3 is 2.38 bits per heavy atom. The maximum absolute atomic E-state index is 15.0. The van der Waals surface area contributed by atoms with Gasteiger partial charge in [0, 0.05) is 25.4 Å². The van der Waals surface area contributed by atoms with Crippen LogP contribution in [0.2, 0.25) is 10.0 Å². The number of carbonyl (C=O) groups excluding carboxylic acids is 1. The molecule has 0 spiro atoms. The van der Waals surface area contributed by atoms with E-state index in [0.717, 1.165) is 44.3 Å². The first-order valence-corrected chi connectivity index (χ1v) is 14.4. The lowest BCUT2D eigenvalue weighted by molar-refractivity contribution is -0.128. The van der Waals surface area contributed by atoms with E-state index >= 15 is 0 Å². The average Bonchev–Trinajstić information content (AvgIpc) is 2.87. The molecule has 1 fully saturated rings. The lowest BCUT2D eigenvalue weighted by atomic mass is 9.58. The highest BCUT2D eigenvalue weighted by molar-refractivity contribution is 6.42. The van der Waals surface area contributed by atoms with Gasteiger partial charge in [0.15, 0.2) is 0 Å². The summed E-state index contributed by atoms with van der Waals surface area (Å²) in [4.78, 5) is 13.6. The number of carbonyl (C=O) groups is 1. The van der Waals surface area contributed by atoms with Gasteiger partial charge in [-0.2, -0.15) is 0 Å². The molecule has 1 aliphatic heterocycles. The summed E-state index contributed by atoms with van der Waals surface area (Å²) in [5.74, 6) is -1.38. The van der Waals surface area contributed by atoms with Crippen molar-refractivity contribution >= 4 is 52.3 Å². The third-order valence-corrected chi connectivity index (χ3v) is 10.1. The number of primary amides is 1. The Morgan fingerprint density at radius 1 is 1.05 bits per heavy atom. The molecule has 1 saturated heterocycles. The molecule has 4 rings (SSSR count). The predicted octanol–water partition coefficient (Wildman–Crippen LogP) is 8.09. The van der Waals surface area contributed by atoms with Crippen LogP contribution in [-0.2, 0) is 11.2 Å². The van der Waals surface area contributed by atoms with Crippen LogP contribution >= 0.6 is 46.4 Å². The van der Waals surface area contributed by atoms with Gasteiger partial charge in [0.2, 0.25) is 5.91 Å². The Balaban J connectivity index is 1.93. The molecule has 200 valence electrons. The summed E-state index contributed by atoms with van der Waals surface area (Å²) >= 11 is 27.9.